The lowest BCUT2D eigenvalue weighted by molar-refractivity contribution is 0.0696. The maximum absolute atomic E-state index is 14.2. The summed E-state index contributed by atoms with van der Waals surface area (Å²) < 4.78 is 7.20. The van der Waals surface area contributed by atoms with Crippen LogP contribution in [0.25, 0.3) is 27.5 Å². The molecule has 0 bridgehead atoms. The van der Waals surface area contributed by atoms with Gasteiger partial charge in [0.15, 0.2) is 0 Å². The zero-order valence-corrected chi connectivity index (χ0v) is 24.0. The average Bonchev–Trinajstić information content (AvgIpc) is 3.44. The molecule has 0 atom stereocenters. The lowest BCUT2D eigenvalue weighted by Crippen LogP contribution is -2.40. The van der Waals surface area contributed by atoms with Gasteiger partial charge in [0.2, 0.25) is 0 Å². The van der Waals surface area contributed by atoms with Gasteiger partial charge in [0.25, 0.3) is 11.5 Å². The molecule has 39 heavy (non-hydrogen) atoms. The molecule has 4 aromatic rings. The molecule has 1 aliphatic rings. The largest absolute Gasteiger partial charge is 0.381 e. The molecule has 1 N–H and O–H groups in total. The van der Waals surface area contributed by atoms with Gasteiger partial charge in [-0.1, -0.05) is 55.8 Å². The van der Waals surface area contributed by atoms with E-state index in [0.29, 0.717) is 40.1 Å². The number of nitrogens with zero attached hydrogens (tertiary/aromatic N) is 2. The molecule has 202 valence electrons. The molecule has 8 heteroatoms. The Morgan fingerprint density at radius 2 is 1.77 bits per heavy atom. The van der Waals surface area contributed by atoms with E-state index in [0.717, 1.165) is 53.8 Å². The smallest absolute Gasteiger partial charge is 0.265 e. The van der Waals surface area contributed by atoms with Crippen molar-refractivity contribution in [1.82, 2.24) is 14.9 Å². The summed E-state index contributed by atoms with van der Waals surface area (Å²) in [6, 6.07) is 15.4. The van der Waals surface area contributed by atoms with Gasteiger partial charge in [0, 0.05) is 40.9 Å². The third-order valence-electron chi connectivity index (χ3n) is 7.31. The predicted octanol–water partition coefficient (Wildman–Crippen LogP) is 6.62. The Morgan fingerprint density at radius 3 is 2.41 bits per heavy atom. The Bertz CT molecular complexity index is 1530. The van der Waals surface area contributed by atoms with Crippen LogP contribution in [-0.4, -0.2) is 34.7 Å². The van der Waals surface area contributed by atoms with Crippen LogP contribution in [0.1, 0.15) is 53.9 Å². The van der Waals surface area contributed by atoms with Crippen LogP contribution in [-0.2, 0) is 17.6 Å². The average molecular weight is 562 g/mol. The highest BCUT2D eigenvalue weighted by atomic mass is 35.5. The molecule has 1 aliphatic heterocycles. The van der Waals surface area contributed by atoms with Gasteiger partial charge < -0.3 is 10.1 Å². The number of benzene rings is 2. The van der Waals surface area contributed by atoms with Crippen molar-refractivity contribution in [3.63, 3.8) is 0 Å². The highest BCUT2D eigenvalue weighted by Gasteiger charge is 2.25. The molecule has 0 spiro atoms. The third-order valence-corrected chi connectivity index (χ3v) is 8.44. The summed E-state index contributed by atoms with van der Waals surface area (Å²) in [6.45, 7) is 7.29. The Kier molecular flexibility index (Phi) is 8.31. The molecular weight excluding hydrogens is 530 g/mol. The molecule has 2 aromatic heterocycles. The number of halogens is 1. The minimum absolute atomic E-state index is 0.0416. The quantitative estimate of drug-likeness (QED) is 0.275. The van der Waals surface area contributed by atoms with Crippen molar-refractivity contribution in [2.24, 2.45) is 0 Å². The van der Waals surface area contributed by atoms with E-state index in [1.54, 1.807) is 10.6 Å². The monoisotopic (exact) mass is 561 g/mol. The molecule has 3 heterocycles. The highest BCUT2D eigenvalue weighted by Crippen LogP contribution is 2.31. The number of carbonyl (C=O) groups excluding carboxylic acids is 1. The number of aromatic nitrogens is 2. The number of hydrogen-bond acceptors (Lipinski definition) is 5. The van der Waals surface area contributed by atoms with Gasteiger partial charge in [-0.05, 0) is 61.9 Å². The number of amides is 1. The van der Waals surface area contributed by atoms with E-state index < -0.39 is 0 Å². The van der Waals surface area contributed by atoms with E-state index in [2.05, 4.69) is 31.3 Å². The van der Waals surface area contributed by atoms with Gasteiger partial charge in [-0.3, -0.25) is 14.2 Å². The normalized spacial score (nSPS) is 13.9. The van der Waals surface area contributed by atoms with E-state index in [-0.39, 0.29) is 17.5 Å². The summed E-state index contributed by atoms with van der Waals surface area (Å²) in [6.07, 6.45) is 3.07. The van der Waals surface area contributed by atoms with Gasteiger partial charge in [0.1, 0.15) is 5.01 Å². The van der Waals surface area contributed by atoms with Gasteiger partial charge in [0.05, 0.1) is 22.5 Å². The lowest BCUT2D eigenvalue weighted by atomic mass is 10.0. The number of nitrogens with one attached hydrogen (secondary N) is 1. The second kappa shape index (κ2) is 11.9. The molecule has 0 aliphatic carbocycles. The van der Waals surface area contributed by atoms with E-state index in [1.165, 1.54) is 11.3 Å². The summed E-state index contributed by atoms with van der Waals surface area (Å²) in [5.41, 5.74) is 6.00. The highest BCUT2D eigenvalue weighted by molar-refractivity contribution is 7.13. The molecule has 2 aromatic carbocycles. The van der Waals surface area contributed by atoms with E-state index in [9.17, 15) is 9.59 Å². The Morgan fingerprint density at radius 1 is 1.10 bits per heavy atom. The van der Waals surface area contributed by atoms with Gasteiger partial charge in [-0.25, -0.2) is 4.98 Å². The van der Waals surface area contributed by atoms with Crippen LogP contribution in [0.4, 0.5) is 0 Å². The zero-order valence-electron chi connectivity index (χ0n) is 22.4. The number of rotatable bonds is 7. The van der Waals surface area contributed by atoms with Crippen LogP contribution >= 0.6 is 22.9 Å². The number of ether oxygens (including phenoxy) is 1. The fourth-order valence-corrected chi connectivity index (χ4v) is 6.08. The molecular formula is C31H32ClN3O3S. The first-order chi connectivity index (χ1) is 18.9. The summed E-state index contributed by atoms with van der Waals surface area (Å²) in [4.78, 5) is 32.7. The molecule has 1 amide bonds. The van der Waals surface area contributed by atoms with Crippen LogP contribution in [0.15, 0.2) is 58.7 Å². The molecule has 1 saturated heterocycles. The van der Waals surface area contributed by atoms with Crippen molar-refractivity contribution in [1.29, 1.82) is 0 Å². The number of para-hydroxylation sites is 1. The summed E-state index contributed by atoms with van der Waals surface area (Å²) in [7, 11) is 0. The van der Waals surface area contributed by atoms with Crippen molar-refractivity contribution in [2.75, 3.05) is 13.2 Å². The van der Waals surface area contributed by atoms with E-state index in [4.69, 9.17) is 21.3 Å². The first-order valence-electron chi connectivity index (χ1n) is 13.4. The van der Waals surface area contributed by atoms with Crippen LogP contribution in [0, 0.1) is 6.92 Å². The fraction of sp³-hybridized carbons (Fsp3) is 0.323. The van der Waals surface area contributed by atoms with Crippen molar-refractivity contribution < 1.29 is 9.53 Å². The Balaban J connectivity index is 1.69. The number of aryl methyl sites for hydroxylation is 2. The molecule has 0 saturated carbocycles. The molecule has 1 fully saturated rings. The van der Waals surface area contributed by atoms with Gasteiger partial charge in [-0.2, -0.15) is 0 Å². The number of thiazole rings is 1. The topological polar surface area (TPSA) is 73.2 Å². The van der Waals surface area contributed by atoms with Crippen molar-refractivity contribution in [3.05, 3.63) is 91.7 Å². The summed E-state index contributed by atoms with van der Waals surface area (Å²) in [5.74, 6) is -0.184. The Hall–Kier alpha value is -3.26. The number of carbonyl (C=O) groups is 1. The first-order valence-corrected chi connectivity index (χ1v) is 14.6. The van der Waals surface area contributed by atoms with Crippen molar-refractivity contribution >= 4 is 28.8 Å². The summed E-state index contributed by atoms with van der Waals surface area (Å²) in [5, 5.41) is 6.34. The van der Waals surface area contributed by atoms with Crippen LogP contribution in [0.5, 0.6) is 0 Å². The van der Waals surface area contributed by atoms with Gasteiger partial charge >= 0.3 is 0 Å². The van der Waals surface area contributed by atoms with E-state index in [1.807, 2.05) is 42.6 Å². The second-order valence-corrected chi connectivity index (χ2v) is 11.0. The molecule has 6 nitrogen and oxygen atoms in total. The SMILES string of the molecule is CCc1cccc(CC)c1-n1c(C)c(C(=O)NC2CCOCC2)cc(-c2nc(-c3ccc(Cl)cc3)cs2)c1=O. The maximum atomic E-state index is 14.2. The predicted molar refractivity (Wildman–Crippen MR) is 158 cm³/mol. The maximum Gasteiger partial charge on any atom is 0.265 e. The van der Waals surface area contributed by atoms with Crippen molar-refractivity contribution in [3.8, 4) is 27.5 Å². The fourth-order valence-electron chi connectivity index (χ4n) is 5.11. The molecule has 0 unspecified atom stereocenters. The van der Waals surface area contributed by atoms with Crippen molar-refractivity contribution in [2.45, 2.75) is 52.5 Å². The van der Waals surface area contributed by atoms with Crippen LogP contribution in [0.3, 0.4) is 0 Å². The molecule has 5 rings (SSSR count). The Labute approximate surface area is 237 Å². The third kappa shape index (κ3) is 5.57. The standard InChI is InChI=1S/C31H32ClN3O3S/c1-4-20-7-6-8-21(5-2)28(20)35-19(3)25(29(36)33-24-13-15-38-16-14-24)17-26(31(35)37)30-34-27(18-39-30)22-9-11-23(32)12-10-22/h6-12,17-18,24H,4-5,13-16H2,1-3H3,(H,33,36). The second-order valence-electron chi connectivity index (χ2n) is 9.73. The van der Waals surface area contributed by atoms with Crippen LogP contribution < -0.4 is 10.9 Å². The van der Waals surface area contributed by atoms with Gasteiger partial charge in [-0.15, -0.1) is 11.3 Å². The number of hydrogen-bond donors (Lipinski definition) is 1. The first kappa shape index (κ1) is 27.3. The summed E-state index contributed by atoms with van der Waals surface area (Å²) >= 11 is 7.47. The molecule has 0 radical (unpaired) electrons. The minimum atomic E-state index is -0.184. The lowest BCUT2D eigenvalue weighted by Gasteiger charge is -2.25. The van der Waals surface area contributed by atoms with E-state index >= 15 is 0 Å². The minimum Gasteiger partial charge on any atom is -0.381 e. The van der Waals surface area contributed by atoms with Crippen LogP contribution in [0.2, 0.25) is 5.02 Å². The zero-order chi connectivity index (χ0) is 27.5. The number of pyridine rings is 1.